The van der Waals surface area contributed by atoms with Gasteiger partial charge in [-0.2, -0.15) is 0 Å². The number of anilines is 1. The van der Waals surface area contributed by atoms with E-state index in [1.165, 1.54) is 18.6 Å². The maximum atomic E-state index is 12.9. The van der Waals surface area contributed by atoms with Crippen molar-refractivity contribution in [1.82, 2.24) is 4.98 Å². The summed E-state index contributed by atoms with van der Waals surface area (Å²) >= 11 is 0. The van der Waals surface area contributed by atoms with Crippen LogP contribution in [0.15, 0.2) is 66.7 Å². The van der Waals surface area contributed by atoms with Crippen LogP contribution in [0.3, 0.4) is 0 Å². The van der Waals surface area contributed by atoms with Crippen LogP contribution in [-0.4, -0.2) is 17.4 Å². The molecule has 1 amide bonds. The number of benzene rings is 2. The van der Waals surface area contributed by atoms with Crippen LogP contribution in [0.1, 0.15) is 34.1 Å². The molecule has 5 nitrogen and oxygen atoms in total. The topological polar surface area (TPSA) is 77.2 Å². The molecule has 160 valence electrons. The number of rotatable bonds is 5. The molecule has 0 spiro atoms. The first-order valence-corrected chi connectivity index (χ1v) is 10.1. The standard InChI is InChI=1S/C19H16FN3O2.C3H8.C2H6/c20-14-6-10-16(11-7-14)25-15-8-4-13(5-9-15)17-2-1-3-18(22-17)23-19(24)12-21;1-3-2;1-2/h1-11H,12,21H2,(H,22,23,24);3H2,1-2H3;1-2H3. The average Bonchev–Trinajstić information content (AvgIpc) is 2.78. The number of hydrogen-bond donors (Lipinski definition) is 2. The number of halogens is 1. The minimum atomic E-state index is -0.310. The maximum Gasteiger partial charge on any atom is 0.239 e. The van der Waals surface area contributed by atoms with E-state index in [0.29, 0.717) is 23.0 Å². The second kappa shape index (κ2) is 13.8. The van der Waals surface area contributed by atoms with Crippen molar-refractivity contribution in [2.24, 2.45) is 5.73 Å². The zero-order valence-corrected chi connectivity index (χ0v) is 18.0. The highest BCUT2D eigenvalue weighted by Crippen LogP contribution is 2.25. The van der Waals surface area contributed by atoms with E-state index in [4.69, 9.17) is 10.5 Å². The number of carbonyl (C=O) groups excluding carboxylic acids is 1. The Balaban J connectivity index is 0.000000826. The van der Waals surface area contributed by atoms with Crippen LogP contribution in [0.2, 0.25) is 0 Å². The van der Waals surface area contributed by atoms with Crippen LogP contribution in [-0.2, 0) is 4.79 Å². The molecular formula is C24H30FN3O2. The molecule has 0 atom stereocenters. The van der Waals surface area contributed by atoms with Gasteiger partial charge in [-0.25, -0.2) is 9.37 Å². The summed E-state index contributed by atoms with van der Waals surface area (Å²) in [5, 5.41) is 2.62. The van der Waals surface area contributed by atoms with Gasteiger partial charge in [-0.15, -0.1) is 0 Å². The van der Waals surface area contributed by atoms with Crippen molar-refractivity contribution in [3.8, 4) is 22.8 Å². The molecule has 2 aromatic carbocycles. The summed E-state index contributed by atoms with van der Waals surface area (Å²) < 4.78 is 18.6. The number of nitrogens with zero attached hydrogens (tertiary/aromatic N) is 1. The molecule has 0 unspecified atom stereocenters. The minimum Gasteiger partial charge on any atom is -0.457 e. The SMILES string of the molecule is CC.CCC.NCC(=O)Nc1cccc(-c2ccc(Oc3ccc(F)cc3)cc2)n1. The van der Waals surface area contributed by atoms with Crippen LogP contribution in [0, 0.1) is 5.82 Å². The summed E-state index contributed by atoms with van der Waals surface area (Å²) in [4.78, 5) is 15.7. The fourth-order valence-corrected chi connectivity index (χ4v) is 2.19. The Morgan fingerprint density at radius 2 is 1.50 bits per heavy atom. The Kier molecular flexibility index (Phi) is 11.4. The Morgan fingerprint density at radius 3 is 2.03 bits per heavy atom. The summed E-state index contributed by atoms with van der Waals surface area (Å²) in [6.07, 6.45) is 1.25. The first kappa shape index (κ1) is 24.8. The highest BCUT2D eigenvalue weighted by Gasteiger charge is 2.05. The number of amides is 1. The van der Waals surface area contributed by atoms with Gasteiger partial charge in [0.25, 0.3) is 0 Å². The summed E-state index contributed by atoms with van der Waals surface area (Å²) in [5.74, 6) is 1.02. The highest BCUT2D eigenvalue weighted by atomic mass is 19.1. The van der Waals surface area contributed by atoms with Crippen molar-refractivity contribution in [2.75, 3.05) is 11.9 Å². The summed E-state index contributed by atoms with van der Waals surface area (Å²) in [6, 6.07) is 18.5. The third-order valence-electron chi connectivity index (χ3n) is 3.40. The molecule has 0 radical (unpaired) electrons. The fraction of sp³-hybridized carbons (Fsp3) is 0.250. The molecule has 6 heteroatoms. The fourth-order valence-electron chi connectivity index (χ4n) is 2.19. The number of carbonyl (C=O) groups is 1. The zero-order chi connectivity index (χ0) is 22.4. The summed E-state index contributed by atoms with van der Waals surface area (Å²) in [6.45, 7) is 8.15. The van der Waals surface area contributed by atoms with Crippen LogP contribution >= 0.6 is 0 Å². The minimum absolute atomic E-state index is 0.0959. The van der Waals surface area contributed by atoms with Gasteiger partial charge < -0.3 is 15.8 Å². The number of aromatic nitrogens is 1. The smallest absolute Gasteiger partial charge is 0.239 e. The molecule has 0 aliphatic carbocycles. The van der Waals surface area contributed by atoms with Gasteiger partial charge in [0.15, 0.2) is 0 Å². The van der Waals surface area contributed by atoms with Crippen LogP contribution in [0.25, 0.3) is 11.3 Å². The monoisotopic (exact) mass is 411 g/mol. The van der Waals surface area contributed by atoms with Gasteiger partial charge >= 0.3 is 0 Å². The van der Waals surface area contributed by atoms with Gasteiger partial charge in [0.05, 0.1) is 12.2 Å². The molecule has 1 aromatic heterocycles. The van der Waals surface area contributed by atoms with Crippen molar-refractivity contribution < 1.29 is 13.9 Å². The van der Waals surface area contributed by atoms with Crippen molar-refractivity contribution in [3.05, 3.63) is 72.5 Å². The summed E-state index contributed by atoms with van der Waals surface area (Å²) in [7, 11) is 0. The number of pyridine rings is 1. The van der Waals surface area contributed by atoms with Crippen LogP contribution < -0.4 is 15.8 Å². The van der Waals surface area contributed by atoms with E-state index in [1.54, 1.807) is 36.4 Å². The molecule has 0 bridgehead atoms. The van der Waals surface area contributed by atoms with Crippen molar-refractivity contribution >= 4 is 11.7 Å². The second-order valence-electron chi connectivity index (χ2n) is 5.95. The van der Waals surface area contributed by atoms with E-state index < -0.39 is 0 Å². The van der Waals surface area contributed by atoms with Gasteiger partial charge in [0.1, 0.15) is 23.1 Å². The Labute approximate surface area is 178 Å². The zero-order valence-electron chi connectivity index (χ0n) is 18.0. The molecular weight excluding hydrogens is 381 g/mol. The lowest BCUT2D eigenvalue weighted by atomic mass is 10.1. The second-order valence-corrected chi connectivity index (χ2v) is 5.95. The third-order valence-corrected chi connectivity index (χ3v) is 3.40. The molecule has 0 aliphatic heterocycles. The maximum absolute atomic E-state index is 12.9. The van der Waals surface area contributed by atoms with Crippen molar-refractivity contribution in [3.63, 3.8) is 0 Å². The molecule has 0 saturated heterocycles. The number of nitrogens with two attached hydrogens (primary N) is 1. The lowest BCUT2D eigenvalue weighted by Gasteiger charge is -2.08. The van der Waals surface area contributed by atoms with E-state index >= 15 is 0 Å². The highest BCUT2D eigenvalue weighted by molar-refractivity contribution is 5.91. The average molecular weight is 412 g/mol. The Hall–Kier alpha value is -3.25. The van der Waals surface area contributed by atoms with E-state index in [2.05, 4.69) is 24.1 Å². The quantitative estimate of drug-likeness (QED) is 0.538. The number of hydrogen-bond acceptors (Lipinski definition) is 4. The predicted molar refractivity (Wildman–Crippen MR) is 121 cm³/mol. The van der Waals surface area contributed by atoms with E-state index in [9.17, 15) is 9.18 Å². The van der Waals surface area contributed by atoms with Crippen molar-refractivity contribution in [1.29, 1.82) is 0 Å². The number of nitrogens with one attached hydrogen (secondary N) is 1. The molecule has 3 rings (SSSR count). The van der Waals surface area contributed by atoms with Gasteiger partial charge in [-0.1, -0.05) is 40.2 Å². The molecule has 0 fully saturated rings. The largest absolute Gasteiger partial charge is 0.457 e. The normalized spacial score (nSPS) is 9.40. The molecule has 30 heavy (non-hydrogen) atoms. The lowest BCUT2D eigenvalue weighted by molar-refractivity contribution is -0.114. The van der Waals surface area contributed by atoms with Crippen LogP contribution in [0.5, 0.6) is 11.5 Å². The van der Waals surface area contributed by atoms with Crippen molar-refractivity contribution in [2.45, 2.75) is 34.1 Å². The Bertz CT molecular complexity index is 882. The first-order valence-electron chi connectivity index (χ1n) is 10.1. The summed E-state index contributed by atoms with van der Waals surface area (Å²) in [5.41, 5.74) is 6.86. The van der Waals surface area contributed by atoms with E-state index in [1.807, 2.05) is 32.0 Å². The first-order chi connectivity index (χ1) is 14.5. The van der Waals surface area contributed by atoms with Gasteiger partial charge in [-0.3, -0.25) is 4.79 Å². The molecule has 0 saturated carbocycles. The van der Waals surface area contributed by atoms with Gasteiger partial charge in [0, 0.05) is 5.56 Å². The van der Waals surface area contributed by atoms with E-state index in [-0.39, 0.29) is 18.3 Å². The molecule has 3 aromatic rings. The van der Waals surface area contributed by atoms with Crippen LogP contribution in [0.4, 0.5) is 10.2 Å². The van der Waals surface area contributed by atoms with E-state index in [0.717, 1.165) is 5.56 Å². The lowest BCUT2D eigenvalue weighted by Crippen LogP contribution is -2.22. The molecule has 1 heterocycles. The molecule has 3 N–H and O–H groups in total. The van der Waals surface area contributed by atoms with Gasteiger partial charge in [-0.05, 0) is 60.7 Å². The molecule has 0 aliphatic rings. The number of ether oxygens (including phenoxy) is 1. The van der Waals surface area contributed by atoms with Gasteiger partial charge in [0.2, 0.25) is 5.91 Å². The third kappa shape index (κ3) is 8.41. The Morgan fingerprint density at radius 1 is 0.967 bits per heavy atom. The predicted octanol–water partition coefficient (Wildman–Crippen LogP) is 6.02.